The molecule has 0 saturated carbocycles. The second-order valence-corrected chi connectivity index (χ2v) is 8.66. The summed E-state index contributed by atoms with van der Waals surface area (Å²) < 4.78 is 7.15. The van der Waals surface area contributed by atoms with Gasteiger partial charge >= 0.3 is 0 Å². The van der Waals surface area contributed by atoms with Crippen LogP contribution in [0.1, 0.15) is 27.3 Å². The smallest absolute Gasteiger partial charge is 0.251 e. The summed E-state index contributed by atoms with van der Waals surface area (Å²) in [6, 6.07) is 22.8. The lowest BCUT2D eigenvalue weighted by Crippen LogP contribution is -2.24. The molecule has 0 aliphatic carbocycles. The molecule has 0 spiro atoms. The zero-order chi connectivity index (χ0) is 23.2. The van der Waals surface area contributed by atoms with Crippen molar-refractivity contribution in [3.63, 3.8) is 0 Å². The second-order valence-electron chi connectivity index (χ2n) is 7.31. The van der Waals surface area contributed by atoms with Gasteiger partial charge in [-0.1, -0.05) is 59.8 Å². The summed E-state index contributed by atoms with van der Waals surface area (Å²) in [7, 11) is 1.59. The van der Waals surface area contributed by atoms with Gasteiger partial charge in [0.05, 0.1) is 19.3 Å². The summed E-state index contributed by atoms with van der Waals surface area (Å²) in [4.78, 5) is 12.7. The molecule has 33 heavy (non-hydrogen) atoms. The summed E-state index contributed by atoms with van der Waals surface area (Å²) in [5, 5.41) is 13.2. The second kappa shape index (κ2) is 10.6. The molecule has 0 bridgehead atoms. The number of benzene rings is 3. The first-order valence-electron chi connectivity index (χ1n) is 10.4. The molecule has 0 saturated heterocycles. The van der Waals surface area contributed by atoms with Crippen LogP contribution in [0.4, 0.5) is 0 Å². The number of hydrogen-bond acceptors (Lipinski definition) is 5. The van der Waals surface area contributed by atoms with E-state index in [1.807, 2.05) is 60.0 Å². The number of carbonyl (C=O) groups is 1. The van der Waals surface area contributed by atoms with Gasteiger partial charge in [-0.25, -0.2) is 0 Å². The topological polar surface area (TPSA) is 69.0 Å². The zero-order valence-electron chi connectivity index (χ0n) is 18.3. The van der Waals surface area contributed by atoms with Gasteiger partial charge in [0.2, 0.25) is 0 Å². The van der Waals surface area contributed by atoms with E-state index in [1.165, 1.54) is 0 Å². The predicted octanol–water partition coefficient (Wildman–Crippen LogP) is 5.46. The third kappa shape index (κ3) is 5.38. The Bertz CT molecular complexity index is 1260. The number of rotatable bonds is 8. The lowest BCUT2D eigenvalue weighted by molar-refractivity contribution is 0.0949. The van der Waals surface area contributed by atoms with Gasteiger partial charge in [-0.05, 0) is 54.4 Å². The van der Waals surface area contributed by atoms with Crippen molar-refractivity contribution < 1.29 is 9.53 Å². The minimum Gasteiger partial charge on any atom is -0.497 e. The molecule has 3 aromatic carbocycles. The van der Waals surface area contributed by atoms with E-state index in [-0.39, 0.29) is 12.5 Å². The van der Waals surface area contributed by atoms with Crippen LogP contribution in [0.25, 0.3) is 5.69 Å². The number of amides is 1. The highest BCUT2D eigenvalue weighted by Gasteiger charge is 2.17. The van der Waals surface area contributed by atoms with Gasteiger partial charge in [0.1, 0.15) is 5.75 Å². The highest BCUT2D eigenvalue weighted by molar-refractivity contribution is 7.98. The van der Waals surface area contributed by atoms with Crippen molar-refractivity contribution in [2.24, 2.45) is 0 Å². The van der Waals surface area contributed by atoms with Crippen molar-refractivity contribution in [3.8, 4) is 11.4 Å². The molecule has 1 N–H and O–H groups in total. The molecule has 0 aliphatic heterocycles. The molecule has 1 heterocycles. The maximum Gasteiger partial charge on any atom is 0.251 e. The number of thioether (sulfide) groups is 1. The average Bonchev–Trinajstić information content (AvgIpc) is 3.25. The largest absolute Gasteiger partial charge is 0.497 e. The number of nitrogens with one attached hydrogen (secondary N) is 1. The fourth-order valence-electron chi connectivity index (χ4n) is 3.33. The number of ether oxygens (including phenoxy) is 1. The van der Waals surface area contributed by atoms with Crippen LogP contribution in [0.15, 0.2) is 78.0 Å². The fraction of sp³-hybridized carbons (Fsp3) is 0.160. The number of hydrogen-bond donors (Lipinski definition) is 1. The maximum atomic E-state index is 12.7. The standard InChI is InChI=1S/C25H23ClN4O2S/c1-17-7-3-6-10-22(17)30-23(15-27-24(31)18-11-13-20(32-2)14-12-18)28-29-25(30)33-16-19-8-4-5-9-21(19)26/h3-14H,15-16H2,1-2H3,(H,27,31). The van der Waals surface area contributed by atoms with Crippen LogP contribution in [0.5, 0.6) is 5.75 Å². The number of para-hydroxylation sites is 1. The summed E-state index contributed by atoms with van der Waals surface area (Å²) in [6.45, 7) is 2.27. The normalized spacial score (nSPS) is 10.8. The van der Waals surface area contributed by atoms with Gasteiger partial charge in [0, 0.05) is 16.3 Å². The van der Waals surface area contributed by atoms with Gasteiger partial charge in [-0.3, -0.25) is 9.36 Å². The van der Waals surface area contributed by atoms with Crippen molar-refractivity contribution in [3.05, 3.63) is 100 Å². The molecular weight excluding hydrogens is 456 g/mol. The molecule has 4 aromatic rings. The van der Waals surface area contributed by atoms with Crippen LogP contribution in [-0.4, -0.2) is 27.8 Å². The lowest BCUT2D eigenvalue weighted by Gasteiger charge is -2.13. The SMILES string of the molecule is COc1ccc(C(=O)NCc2nnc(SCc3ccccc3Cl)n2-c2ccccc2C)cc1. The molecule has 0 fully saturated rings. The van der Waals surface area contributed by atoms with Crippen LogP contribution in [0, 0.1) is 6.92 Å². The number of nitrogens with zero attached hydrogens (tertiary/aromatic N) is 3. The van der Waals surface area contributed by atoms with E-state index in [9.17, 15) is 4.79 Å². The third-order valence-electron chi connectivity index (χ3n) is 5.13. The Morgan fingerprint density at radius 2 is 1.76 bits per heavy atom. The molecule has 6 nitrogen and oxygen atoms in total. The number of aromatic nitrogens is 3. The minimum absolute atomic E-state index is 0.192. The Balaban J connectivity index is 1.57. The highest BCUT2D eigenvalue weighted by atomic mass is 35.5. The fourth-order valence-corrected chi connectivity index (χ4v) is 4.58. The van der Waals surface area contributed by atoms with E-state index in [4.69, 9.17) is 16.3 Å². The Hall–Kier alpha value is -3.29. The first kappa shape index (κ1) is 22.9. The van der Waals surface area contributed by atoms with Crippen LogP contribution >= 0.6 is 23.4 Å². The van der Waals surface area contributed by atoms with Crippen molar-refractivity contribution >= 4 is 29.3 Å². The van der Waals surface area contributed by atoms with Crippen molar-refractivity contribution in [1.29, 1.82) is 0 Å². The Kier molecular flexibility index (Phi) is 7.32. The van der Waals surface area contributed by atoms with E-state index in [1.54, 1.807) is 43.1 Å². The van der Waals surface area contributed by atoms with Gasteiger partial charge in [-0.15, -0.1) is 10.2 Å². The Labute approximate surface area is 202 Å². The summed E-state index contributed by atoms with van der Waals surface area (Å²) in [5.74, 6) is 1.81. The van der Waals surface area contributed by atoms with Crippen molar-refractivity contribution in [1.82, 2.24) is 20.1 Å². The average molecular weight is 479 g/mol. The van der Waals surface area contributed by atoms with Gasteiger partial charge in [0.15, 0.2) is 11.0 Å². The first-order chi connectivity index (χ1) is 16.1. The van der Waals surface area contributed by atoms with Crippen molar-refractivity contribution in [2.75, 3.05) is 7.11 Å². The Morgan fingerprint density at radius 3 is 2.48 bits per heavy atom. The number of halogens is 1. The molecule has 0 radical (unpaired) electrons. The lowest BCUT2D eigenvalue weighted by atomic mass is 10.2. The molecule has 1 amide bonds. The zero-order valence-corrected chi connectivity index (χ0v) is 19.9. The minimum atomic E-state index is -0.192. The summed E-state index contributed by atoms with van der Waals surface area (Å²) in [5.41, 5.74) is 3.63. The van der Waals surface area contributed by atoms with E-state index in [0.29, 0.717) is 22.9 Å². The molecular formula is C25H23ClN4O2S. The molecule has 168 valence electrons. The molecule has 4 rings (SSSR count). The van der Waals surface area contributed by atoms with Crippen LogP contribution < -0.4 is 10.1 Å². The van der Waals surface area contributed by atoms with E-state index < -0.39 is 0 Å². The molecule has 8 heteroatoms. The third-order valence-corrected chi connectivity index (χ3v) is 6.48. The van der Waals surface area contributed by atoms with Crippen LogP contribution in [0.3, 0.4) is 0 Å². The van der Waals surface area contributed by atoms with Gasteiger partial charge in [-0.2, -0.15) is 0 Å². The van der Waals surface area contributed by atoms with E-state index >= 15 is 0 Å². The number of aryl methyl sites for hydroxylation is 1. The monoisotopic (exact) mass is 478 g/mol. The molecule has 1 aromatic heterocycles. The Morgan fingerprint density at radius 1 is 1.03 bits per heavy atom. The quantitative estimate of drug-likeness (QED) is 0.340. The summed E-state index contributed by atoms with van der Waals surface area (Å²) in [6.07, 6.45) is 0. The van der Waals surface area contributed by atoms with Crippen LogP contribution in [-0.2, 0) is 12.3 Å². The van der Waals surface area contributed by atoms with Crippen molar-refractivity contribution in [2.45, 2.75) is 24.4 Å². The van der Waals surface area contributed by atoms with Gasteiger partial charge in [0.25, 0.3) is 5.91 Å². The van der Waals surface area contributed by atoms with Crippen LogP contribution in [0.2, 0.25) is 5.02 Å². The maximum absolute atomic E-state index is 12.7. The van der Waals surface area contributed by atoms with E-state index in [0.717, 1.165) is 27.0 Å². The number of methoxy groups -OCH3 is 1. The van der Waals surface area contributed by atoms with E-state index in [2.05, 4.69) is 15.5 Å². The summed E-state index contributed by atoms with van der Waals surface area (Å²) >= 11 is 7.88. The number of carbonyl (C=O) groups excluding carboxylic acids is 1. The molecule has 0 atom stereocenters. The van der Waals surface area contributed by atoms with Gasteiger partial charge < -0.3 is 10.1 Å². The predicted molar refractivity (Wildman–Crippen MR) is 131 cm³/mol. The molecule has 0 unspecified atom stereocenters. The highest BCUT2D eigenvalue weighted by Crippen LogP contribution is 2.29. The first-order valence-corrected chi connectivity index (χ1v) is 11.7. The molecule has 0 aliphatic rings.